The number of nitrogens with zero attached hydrogens (tertiary/aromatic N) is 3. The molecule has 1 aromatic carbocycles. The van der Waals surface area contributed by atoms with Crippen LogP contribution < -0.4 is 0 Å². The Balaban J connectivity index is 1.80. The molecule has 2 amide bonds. The van der Waals surface area contributed by atoms with E-state index < -0.39 is 34.4 Å². The first-order valence-corrected chi connectivity index (χ1v) is 13.4. The molecular weight excluding hydrogens is 471 g/mol. The van der Waals surface area contributed by atoms with Crippen LogP contribution in [0.2, 0.25) is 0 Å². The molecule has 1 fully saturated rings. The minimum Gasteiger partial charge on any atom is -0.341 e. The molecule has 0 saturated carbocycles. The van der Waals surface area contributed by atoms with Crippen LogP contribution in [-0.4, -0.2) is 92.7 Å². The maximum absolute atomic E-state index is 12.7. The summed E-state index contributed by atoms with van der Waals surface area (Å²) in [6.07, 6.45) is -1.16. The Morgan fingerprint density at radius 3 is 2.35 bits per heavy atom. The molecule has 7 nitrogen and oxygen atoms in total. The van der Waals surface area contributed by atoms with Crippen LogP contribution >= 0.6 is 0 Å². The molecule has 11 heteroatoms. The van der Waals surface area contributed by atoms with E-state index in [-0.39, 0.29) is 12.6 Å². The number of likely N-dealkylation sites (N-methyl/N-ethyl adjacent to an activating group) is 1. The smallest absolute Gasteiger partial charge is 0.341 e. The third-order valence-electron chi connectivity index (χ3n) is 6.10. The van der Waals surface area contributed by atoms with Crippen molar-refractivity contribution in [3.8, 4) is 0 Å². The third-order valence-corrected chi connectivity index (χ3v) is 7.23. The number of hydrogen-bond donors (Lipinski definition) is 0. The summed E-state index contributed by atoms with van der Waals surface area (Å²) >= 11 is 0. The Morgan fingerprint density at radius 1 is 1.15 bits per heavy atom. The van der Waals surface area contributed by atoms with Gasteiger partial charge in [-0.15, -0.1) is 0 Å². The highest BCUT2D eigenvalue weighted by Crippen LogP contribution is 2.20. The van der Waals surface area contributed by atoms with E-state index in [4.69, 9.17) is 0 Å². The number of unbranched alkanes of at least 4 members (excludes halogenated alkanes) is 1. The molecule has 34 heavy (non-hydrogen) atoms. The topological polar surface area (TPSA) is 78.0 Å². The lowest BCUT2D eigenvalue weighted by atomic mass is 10.1. The molecule has 0 bridgehead atoms. The van der Waals surface area contributed by atoms with Gasteiger partial charge in [-0.2, -0.15) is 13.2 Å². The minimum absolute atomic E-state index is 0.0765. The fraction of sp³-hybridized carbons (Fsp3) is 0.652. The second-order valence-corrected chi connectivity index (χ2v) is 10.8. The molecule has 0 radical (unpaired) electrons. The Morgan fingerprint density at radius 2 is 1.79 bits per heavy atom. The number of halogens is 3. The van der Waals surface area contributed by atoms with Gasteiger partial charge in [-0.1, -0.05) is 19.1 Å². The Hall–Kier alpha value is -2.14. The Kier molecular flexibility index (Phi) is 9.93. The number of alkyl halides is 3. The number of sulfone groups is 1. The molecule has 2 rings (SSSR count). The standard InChI is InChI=1S/C23H34F3N3O4S/c1-4-27(18(2)16-19-8-10-20(11-9-19)34(3,32)33)12-5-6-13-28-14-7-15-29(17-21(28)30)22(31)23(24,25)26/h8-11,18H,4-7,12-17H2,1-3H3. The molecule has 1 heterocycles. The van der Waals surface area contributed by atoms with Crippen molar-refractivity contribution in [1.29, 1.82) is 0 Å². The summed E-state index contributed by atoms with van der Waals surface area (Å²) < 4.78 is 61.2. The van der Waals surface area contributed by atoms with E-state index in [0.29, 0.717) is 35.7 Å². The molecule has 0 N–H and O–H groups in total. The van der Waals surface area contributed by atoms with Crippen molar-refractivity contribution in [2.24, 2.45) is 0 Å². The first-order valence-electron chi connectivity index (χ1n) is 11.5. The van der Waals surface area contributed by atoms with E-state index in [2.05, 4.69) is 18.7 Å². The zero-order chi connectivity index (χ0) is 25.5. The normalized spacial score (nSPS) is 16.6. The SMILES string of the molecule is CCN(CCCCN1CCCN(C(=O)C(F)(F)F)CC1=O)C(C)Cc1ccc(S(C)(=O)=O)cc1. The molecule has 0 aliphatic carbocycles. The molecule has 1 aromatic rings. The van der Waals surface area contributed by atoms with Gasteiger partial charge in [-0.3, -0.25) is 9.59 Å². The van der Waals surface area contributed by atoms with Gasteiger partial charge in [0.1, 0.15) is 6.54 Å². The Bertz CT molecular complexity index is 936. The van der Waals surface area contributed by atoms with Crippen LogP contribution in [0, 0.1) is 0 Å². The average Bonchev–Trinajstić information content (AvgIpc) is 2.93. The second-order valence-electron chi connectivity index (χ2n) is 8.76. The molecular formula is C23H34F3N3O4S. The number of hydrogen-bond acceptors (Lipinski definition) is 5. The monoisotopic (exact) mass is 505 g/mol. The lowest BCUT2D eigenvalue weighted by molar-refractivity contribution is -0.185. The van der Waals surface area contributed by atoms with Crippen LogP contribution in [0.25, 0.3) is 0 Å². The maximum Gasteiger partial charge on any atom is 0.471 e. The molecule has 1 atom stereocenters. The highest BCUT2D eigenvalue weighted by molar-refractivity contribution is 7.90. The average molecular weight is 506 g/mol. The lowest BCUT2D eigenvalue weighted by Crippen LogP contribution is -2.45. The summed E-state index contributed by atoms with van der Waals surface area (Å²) in [5, 5.41) is 0. The molecule has 1 saturated heterocycles. The van der Waals surface area contributed by atoms with E-state index in [1.807, 2.05) is 12.1 Å². The van der Waals surface area contributed by atoms with Crippen molar-refractivity contribution in [1.82, 2.24) is 14.7 Å². The van der Waals surface area contributed by atoms with Gasteiger partial charge in [0, 0.05) is 31.9 Å². The summed E-state index contributed by atoms with van der Waals surface area (Å²) in [5.74, 6) is -2.41. The summed E-state index contributed by atoms with van der Waals surface area (Å²) in [5.41, 5.74) is 1.05. The van der Waals surface area contributed by atoms with Crippen molar-refractivity contribution in [3.63, 3.8) is 0 Å². The predicted molar refractivity (Wildman–Crippen MR) is 123 cm³/mol. The summed E-state index contributed by atoms with van der Waals surface area (Å²) in [7, 11) is -3.22. The van der Waals surface area contributed by atoms with Crippen molar-refractivity contribution in [2.45, 2.75) is 56.6 Å². The molecule has 0 aromatic heterocycles. The van der Waals surface area contributed by atoms with E-state index in [0.717, 1.165) is 31.5 Å². The molecule has 1 aliphatic rings. The zero-order valence-electron chi connectivity index (χ0n) is 20.0. The van der Waals surface area contributed by atoms with Gasteiger partial charge in [0.25, 0.3) is 0 Å². The van der Waals surface area contributed by atoms with Crippen molar-refractivity contribution in [2.75, 3.05) is 45.5 Å². The van der Waals surface area contributed by atoms with Crippen LogP contribution in [0.4, 0.5) is 13.2 Å². The van der Waals surface area contributed by atoms with Gasteiger partial charge in [-0.05, 0) is 63.4 Å². The summed E-state index contributed by atoms with van der Waals surface area (Å²) in [6, 6.07) is 7.14. The quantitative estimate of drug-likeness (QED) is 0.457. The van der Waals surface area contributed by atoms with Crippen molar-refractivity contribution in [3.05, 3.63) is 29.8 Å². The van der Waals surface area contributed by atoms with Gasteiger partial charge in [0.2, 0.25) is 5.91 Å². The van der Waals surface area contributed by atoms with E-state index >= 15 is 0 Å². The van der Waals surface area contributed by atoms with E-state index in [1.54, 1.807) is 17.0 Å². The van der Waals surface area contributed by atoms with Crippen LogP contribution in [0.5, 0.6) is 0 Å². The Labute approximate surface area is 199 Å². The molecule has 0 spiro atoms. The first-order chi connectivity index (χ1) is 15.8. The number of carbonyl (C=O) groups is 2. The first kappa shape index (κ1) is 28.1. The fourth-order valence-corrected chi connectivity index (χ4v) is 4.79. The van der Waals surface area contributed by atoms with E-state index in [9.17, 15) is 31.2 Å². The van der Waals surface area contributed by atoms with Gasteiger partial charge in [-0.25, -0.2) is 8.42 Å². The van der Waals surface area contributed by atoms with Crippen molar-refractivity contribution < 1.29 is 31.2 Å². The van der Waals surface area contributed by atoms with E-state index in [1.165, 1.54) is 6.26 Å². The summed E-state index contributed by atoms with van der Waals surface area (Å²) in [4.78, 5) is 28.5. The molecule has 1 unspecified atom stereocenters. The number of rotatable bonds is 10. The van der Waals surface area contributed by atoms with Crippen molar-refractivity contribution >= 4 is 21.7 Å². The highest BCUT2D eigenvalue weighted by Gasteiger charge is 2.43. The zero-order valence-corrected chi connectivity index (χ0v) is 20.8. The van der Waals surface area contributed by atoms with Crippen LogP contribution in [-0.2, 0) is 25.8 Å². The highest BCUT2D eigenvalue weighted by atomic mass is 32.2. The number of carbonyl (C=O) groups excluding carboxylic acids is 2. The maximum atomic E-state index is 12.7. The van der Waals surface area contributed by atoms with Crippen LogP contribution in [0.15, 0.2) is 29.2 Å². The summed E-state index contributed by atoms with van der Waals surface area (Å²) in [6.45, 7) is 6.00. The predicted octanol–water partition coefficient (Wildman–Crippen LogP) is 2.75. The molecule has 1 aliphatic heterocycles. The van der Waals surface area contributed by atoms with Gasteiger partial charge in [0.05, 0.1) is 4.90 Å². The van der Waals surface area contributed by atoms with Gasteiger partial charge >= 0.3 is 12.1 Å². The van der Waals surface area contributed by atoms with Crippen LogP contribution in [0.3, 0.4) is 0 Å². The number of benzene rings is 1. The number of amides is 2. The third kappa shape index (κ3) is 8.26. The second kappa shape index (κ2) is 12.0. The fourth-order valence-electron chi connectivity index (χ4n) is 4.16. The minimum atomic E-state index is -4.97. The van der Waals surface area contributed by atoms with Gasteiger partial charge in [0.15, 0.2) is 9.84 Å². The largest absolute Gasteiger partial charge is 0.471 e. The lowest BCUT2D eigenvalue weighted by Gasteiger charge is -2.28. The van der Waals surface area contributed by atoms with Gasteiger partial charge < -0.3 is 14.7 Å². The van der Waals surface area contributed by atoms with Crippen LogP contribution in [0.1, 0.15) is 38.7 Å². The molecule has 192 valence electrons.